The van der Waals surface area contributed by atoms with Crippen LogP contribution in [0.15, 0.2) is 77.7 Å². The maximum Gasteiger partial charge on any atom is 0.281 e. The van der Waals surface area contributed by atoms with E-state index in [2.05, 4.69) is 10.3 Å². The highest BCUT2D eigenvalue weighted by atomic mass is 35.5. The Morgan fingerprint density at radius 3 is 2.10 bits per heavy atom. The normalized spacial score (nSPS) is 16.9. The van der Waals surface area contributed by atoms with E-state index in [9.17, 15) is 13.2 Å². The van der Waals surface area contributed by atoms with Crippen molar-refractivity contribution in [3.05, 3.63) is 94.6 Å². The third kappa shape index (κ3) is 7.19. The second kappa shape index (κ2) is 14.6. The standard InChI is InChI=1S/C39H44ClN5O4S/c1-25-16-22-32(23-17-25)50(47,48)39(49-31-15-9-10-26(2)24-31)38(46)41-30-20-18-29(19-21-30)36-42-37-34(40)35(43-45(37)44-36)33(27-11-5-3-6-12-27)28-13-7-4-8-14-28/h9-10,15-24,27-28,33,39H,3-8,11-14H2,1-2H3,(H,41,46)(H,42,44). The summed E-state index contributed by atoms with van der Waals surface area (Å²) in [7, 11) is -4.21. The monoisotopic (exact) mass is 713 g/mol. The number of amides is 1. The molecule has 1 amide bonds. The Labute approximate surface area is 298 Å². The molecule has 2 aromatic heterocycles. The zero-order chi connectivity index (χ0) is 34.8. The third-order valence-corrected chi connectivity index (χ3v) is 12.6. The number of nitrogens with zero attached hydrogens (tertiary/aromatic N) is 3. The maximum atomic E-state index is 13.7. The zero-order valence-electron chi connectivity index (χ0n) is 28.6. The van der Waals surface area contributed by atoms with E-state index in [1.165, 1.54) is 76.3 Å². The van der Waals surface area contributed by atoms with Crippen LogP contribution in [-0.4, -0.2) is 39.6 Å². The number of H-pyrrole nitrogens is 1. The van der Waals surface area contributed by atoms with E-state index >= 15 is 0 Å². The molecule has 1 atom stereocenters. The van der Waals surface area contributed by atoms with Crippen molar-refractivity contribution in [1.82, 2.24) is 19.8 Å². The van der Waals surface area contributed by atoms with Gasteiger partial charge in [0.15, 0.2) is 11.5 Å². The number of carbonyl (C=O) groups excluding carboxylic acids is 1. The smallest absolute Gasteiger partial charge is 0.281 e. The van der Waals surface area contributed by atoms with Crippen LogP contribution in [0, 0.1) is 25.7 Å². The van der Waals surface area contributed by atoms with E-state index in [4.69, 9.17) is 26.5 Å². The molecule has 262 valence electrons. The molecule has 0 spiro atoms. The zero-order valence-corrected chi connectivity index (χ0v) is 30.1. The summed E-state index contributed by atoms with van der Waals surface area (Å²) in [6.45, 7) is 3.73. The summed E-state index contributed by atoms with van der Waals surface area (Å²) in [6, 6.07) is 20.3. The number of ether oxygens (including phenoxy) is 1. The molecular weight excluding hydrogens is 670 g/mol. The SMILES string of the molecule is Cc1ccc(S(=O)(=O)C(Oc2cccc(C)c2)C(=O)Nc2ccc(-c3nn4nc(C(C5CCCCC5)C5CCCCC5)c(Cl)c4[nH]3)cc2)cc1. The summed E-state index contributed by atoms with van der Waals surface area (Å²) < 4.78 is 34.9. The van der Waals surface area contributed by atoms with Crippen molar-refractivity contribution < 1.29 is 17.9 Å². The highest BCUT2D eigenvalue weighted by Gasteiger charge is 2.38. The fourth-order valence-corrected chi connectivity index (χ4v) is 9.44. The van der Waals surface area contributed by atoms with Gasteiger partial charge >= 0.3 is 0 Å². The van der Waals surface area contributed by atoms with Crippen molar-refractivity contribution in [1.29, 1.82) is 0 Å². The fourth-order valence-electron chi connectivity index (χ4n) is 7.81. The average Bonchev–Trinajstić information content (AvgIpc) is 3.67. The molecule has 50 heavy (non-hydrogen) atoms. The highest BCUT2D eigenvalue weighted by molar-refractivity contribution is 7.92. The first-order valence-electron chi connectivity index (χ1n) is 17.8. The van der Waals surface area contributed by atoms with Gasteiger partial charge < -0.3 is 15.0 Å². The molecule has 2 fully saturated rings. The Balaban J connectivity index is 1.11. The molecule has 0 saturated heterocycles. The summed E-state index contributed by atoms with van der Waals surface area (Å²) in [5.74, 6) is 1.65. The summed E-state index contributed by atoms with van der Waals surface area (Å²) >= 11 is 7.10. The van der Waals surface area contributed by atoms with Gasteiger partial charge in [-0.15, -0.1) is 9.73 Å². The van der Waals surface area contributed by atoms with Crippen LogP contribution in [0.4, 0.5) is 5.69 Å². The number of rotatable bonds is 10. The van der Waals surface area contributed by atoms with Gasteiger partial charge in [-0.1, -0.05) is 80.0 Å². The van der Waals surface area contributed by atoms with Gasteiger partial charge in [-0.25, -0.2) is 8.42 Å². The second-order valence-corrected chi connectivity index (χ2v) is 16.4. The number of hydrogen-bond acceptors (Lipinski definition) is 6. The van der Waals surface area contributed by atoms with Crippen LogP contribution in [0.5, 0.6) is 5.75 Å². The third-order valence-electron chi connectivity index (χ3n) is 10.4. The molecule has 9 nitrogen and oxygen atoms in total. The quantitative estimate of drug-likeness (QED) is 0.149. The molecule has 0 bridgehead atoms. The van der Waals surface area contributed by atoms with Crippen molar-refractivity contribution in [2.24, 2.45) is 11.8 Å². The minimum Gasteiger partial charge on any atom is -0.464 e. The van der Waals surface area contributed by atoms with Gasteiger partial charge in [-0.05, 0) is 105 Å². The van der Waals surface area contributed by atoms with Crippen molar-refractivity contribution in [3.63, 3.8) is 0 Å². The van der Waals surface area contributed by atoms with Gasteiger partial charge in [0.1, 0.15) is 10.8 Å². The summed E-state index contributed by atoms with van der Waals surface area (Å²) in [5, 5.41) is 13.2. The van der Waals surface area contributed by atoms with Crippen molar-refractivity contribution in [2.45, 2.75) is 94.3 Å². The molecule has 11 heteroatoms. The molecule has 2 heterocycles. The molecule has 5 aromatic rings. The Bertz CT molecular complexity index is 2040. The van der Waals surface area contributed by atoms with Gasteiger partial charge in [0.2, 0.25) is 9.84 Å². The molecule has 2 N–H and O–H groups in total. The van der Waals surface area contributed by atoms with Crippen molar-refractivity contribution in [3.8, 4) is 17.1 Å². The predicted molar refractivity (Wildman–Crippen MR) is 196 cm³/mol. The van der Waals surface area contributed by atoms with E-state index < -0.39 is 21.2 Å². The summed E-state index contributed by atoms with van der Waals surface area (Å²) in [6.07, 6.45) is 12.7. The van der Waals surface area contributed by atoms with Gasteiger partial charge in [-0.3, -0.25) is 4.79 Å². The van der Waals surface area contributed by atoms with Crippen LogP contribution in [-0.2, 0) is 14.6 Å². The van der Waals surface area contributed by atoms with E-state index in [0.29, 0.717) is 39.9 Å². The molecule has 2 saturated carbocycles. The number of aryl methyl sites for hydroxylation is 2. The lowest BCUT2D eigenvalue weighted by molar-refractivity contribution is -0.119. The Hall–Kier alpha value is -4.15. The number of anilines is 1. The molecule has 7 rings (SSSR count). The molecule has 0 aliphatic heterocycles. The number of carbonyl (C=O) groups is 1. The highest BCUT2D eigenvalue weighted by Crippen LogP contribution is 2.47. The molecule has 2 aliphatic carbocycles. The van der Waals surface area contributed by atoms with Gasteiger partial charge in [0.25, 0.3) is 11.3 Å². The minimum absolute atomic E-state index is 0.000274. The van der Waals surface area contributed by atoms with E-state index in [0.717, 1.165) is 22.4 Å². The number of halogens is 1. The Morgan fingerprint density at radius 1 is 0.860 bits per heavy atom. The maximum absolute atomic E-state index is 13.7. The van der Waals surface area contributed by atoms with Crippen LogP contribution >= 0.6 is 11.6 Å². The van der Waals surface area contributed by atoms with Crippen LogP contribution in [0.2, 0.25) is 5.02 Å². The van der Waals surface area contributed by atoms with Crippen LogP contribution in [0.1, 0.15) is 86.9 Å². The first-order chi connectivity index (χ1) is 24.2. The first kappa shape index (κ1) is 34.3. The van der Waals surface area contributed by atoms with Crippen molar-refractivity contribution in [2.75, 3.05) is 5.32 Å². The molecule has 3 aromatic carbocycles. The lowest BCUT2D eigenvalue weighted by atomic mass is 9.68. The van der Waals surface area contributed by atoms with Gasteiger partial charge in [0.05, 0.1) is 10.6 Å². The lowest BCUT2D eigenvalue weighted by Crippen LogP contribution is -2.40. The predicted octanol–water partition coefficient (Wildman–Crippen LogP) is 9.06. The van der Waals surface area contributed by atoms with Crippen molar-refractivity contribution >= 4 is 38.7 Å². The topological polar surface area (TPSA) is 118 Å². The lowest BCUT2D eigenvalue weighted by Gasteiger charge is -2.37. The van der Waals surface area contributed by atoms with Gasteiger partial charge in [-0.2, -0.15) is 5.10 Å². The first-order valence-corrected chi connectivity index (χ1v) is 19.7. The van der Waals surface area contributed by atoms with Crippen LogP contribution < -0.4 is 10.1 Å². The minimum atomic E-state index is -4.21. The second-order valence-electron chi connectivity index (χ2n) is 14.0. The number of nitrogens with one attached hydrogen (secondary N) is 2. The van der Waals surface area contributed by atoms with Gasteiger partial charge in [0, 0.05) is 17.2 Å². The number of aromatic amines is 1. The van der Waals surface area contributed by atoms with E-state index in [1.807, 2.05) is 19.9 Å². The van der Waals surface area contributed by atoms with E-state index in [1.54, 1.807) is 59.2 Å². The Kier molecular flexibility index (Phi) is 10.0. The molecule has 0 radical (unpaired) electrons. The van der Waals surface area contributed by atoms with E-state index in [-0.39, 0.29) is 10.6 Å². The summed E-state index contributed by atoms with van der Waals surface area (Å²) in [4.78, 5) is 17.0. The fraction of sp³-hybridized carbons (Fsp3) is 0.410. The van der Waals surface area contributed by atoms with Crippen LogP contribution in [0.25, 0.3) is 17.0 Å². The number of hydrogen-bond donors (Lipinski definition) is 2. The number of benzene rings is 3. The molecular formula is C39H44ClN5O4S. The number of fused-ring (bicyclic) bond motifs is 1. The number of aromatic nitrogens is 4. The van der Waals surface area contributed by atoms with Crippen LogP contribution in [0.3, 0.4) is 0 Å². The number of sulfone groups is 1. The average molecular weight is 714 g/mol. The summed E-state index contributed by atoms with van der Waals surface area (Å²) in [5.41, 5.74) is 2.81. The largest absolute Gasteiger partial charge is 0.464 e. The Morgan fingerprint density at radius 2 is 1.50 bits per heavy atom. The molecule has 1 unspecified atom stereocenters. The molecule has 2 aliphatic rings.